The van der Waals surface area contributed by atoms with Crippen molar-refractivity contribution in [2.24, 2.45) is 23.5 Å². The predicted octanol–water partition coefficient (Wildman–Crippen LogP) is 8.52. The highest BCUT2D eigenvalue weighted by Gasteiger charge is 2.64. The molecule has 2 saturated heterocycles. The number of methoxy groups -OCH3 is 2. The van der Waals surface area contributed by atoms with Gasteiger partial charge in [-0.2, -0.15) is 0 Å². The largest absolute Gasteiger partial charge is 0.496 e. The molecule has 5 N–H and O–H groups in total. The molecule has 5 rings (SSSR count). The lowest BCUT2D eigenvalue weighted by molar-refractivity contribution is -0.187. The lowest BCUT2D eigenvalue weighted by atomic mass is 9.78. The summed E-state index contributed by atoms with van der Waals surface area (Å²) in [6.45, 7) is 16.3. The molecule has 0 saturated carbocycles. The first-order chi connectivity index (χ1) is 41.0. The number of allylic oxidation sites excluding steroid dienone is 4. The Balaban J connectivity index is 1.33. The van der Waals surface area contributed by atoms with E-state index in [0.717, 1.165) is 34.4 Å². The van der Waals surface area contributed by atoms with Gasteiger partial charge in [-0.05, 0) is 106 Å². The molecule has 87 heavy (non-hydrogen) atoms. The van der Waals surface area contributed by atoms with Crippen molar-refractivity contribution in [3.05, 3.63) is 93.6 Å². The number of epoxide rings is 1. The number of nitrogens with two attached hydrogens (primary N) is 1. The Hall–Kier alpha value is -6.26. The van der Waals surface area contributed by atoms with Gasteiger partial charge in [-0.15, -0.1) is 0 Å². The number of urea groups is 1. The van der Waals surface area contributed by atoms with Gasteiger partial charge in [0.2, 0.25) is 11.8 Å². The number of benzene rings is 2. The number of amides is 5. The molecule has 0 aromatic heterocycles. The van der Waals surface area contributed by atoms with E-state index in [2.05, 4.69) is 33.1 Å². The maximum Gasteiger partial charge on any atom is 0.328 e. The number of carbonyl (C=O) groups excluding carboxylic acids is 9. The second-order valence-electron chi connectivity index (χ2n) is 24.1. The van der Waals surface area contributed by atoms with Crippen LogP contribution in [0, 0.1) is 24.7 Å². The highest BCUT2D eigenvalue weighted by atomic mass is 79.9. The third kappa shape index (κ3) is 19.4. The second kappa shape index (κ2) is 32.3. The van der Waals surface area contributed by atoms with Crippen LogP contribution in [-0.4, -0.2) is 151 Å². The SMILES string of the molecule is C=C(CBr)C(=O)CCCCCCC(=O)C[C@H](C(=O)N[C@@H](CCCNC(N)=O)C(=O)Cc1ccc(C(=O)N(C)[C@@H](C)C(=O)O[C@H]2CC(=O)N(C)c3cc(cc(C)c3Cl)C/C(C)=C/C=C/[C@@H](OC)[C@]3(O)CC(=O)O[C@@H](C3)[C@@H](C)[C@@H]3O[C@@]23C)c(OC)c1)C(C)C. The smallest absolute Gasteiger partial charge is 0.328 e. The van der Waals surface area contributed by atoms with Gasteiger partial charge < -0.3 is 55.0 Å². The zero-order valence-corrected chi connectivity index (χ0v) is 54.6. The number of hydrogen-bond donors (Lipinski definition) is 4. The van der Waals surface area contributed by atoms with Crippen molar-refractivity contribution in [2.75, 3.05) is 45.1 Å². The molecule has 0 unspecified atom stereocenters. The van der Waals surface area contributed by atoms with E-state index in [9.17, 15) is 48.3 Å². The number of alkyl halides is 1. The zero-order chi connectivity index (χ0) is 64.7. The van der Waals surface area contributed by atoms with Gasteiger partial charge in [0.15, 0.2) is 11.6 Å². The quantitative estimate of drug-likeness (QED) is 0.0214. The van der Waals surface area contributed by atoms with E-state index in [1.54, 1.807) is 39.1 Å². The number of aryl methyl sites for hydroxylation is 1. The van der Waals surface area contributed by atoms with Gasteiger partial charge in [-0.3, -0.25) is 33.6 Å². The maximum atomic E-state index is 14.5. The fraction of sp³-hybridized carbons (Fsp3) is 0.585. The molecule has 3 aliphatic heterocycles. The van der Waals surface area contributed by atoms with Crippen molar-refractivity contribution >= 4 is 86.3 Å². The number of ketones is 3. The van der Waals surface area contributed by atoms with Crippen LogP contribution >= 0.6 is 27.5 Å². The first kappa shape index (κ1) is 71.5. The van der Waals surface area contributed by atoms with E-state index in [0.29, 0.717) is 52.9 Å². The molecule has 0 spiro atoms. The normalized spacial score (nSPS) is 24.2. The molecule has 4 bridgehead atoms. The molecule has 3 heterocycles. The van der Waals surface area contributed by atoms with Crippen LogP contribution in [0.3, 0.4) is 0 Å². The zero-order valence-electron chi connectivity index (χ0n) is 52.2. The van der Waals surface area contributed by atoms with Crippen molar-refractivity contribution in [1.29, 1.82) is 0 Å². The molecule has 2 fully saturated rings. The number of unbranched alkanes of at least 4 members (excludes halogenated alkanes) is 3. The number of hydrogen-bond acceptors (Lipinski definition) is 15. The summed E-state index contributed by atoms with van der Waals surface area (Å²) in [4.78, 5) is 124. The van der Waals surface area contributed by atoms with Gasteiger partial charge in [-0.25, -0.2) is 9.59 Å². The van der Waals surface area contributed by atoms with Crippen molar-refractivity contribution in [2.45, 2.75) is 186 Å². The number of carbonyl (C=O) groups is 9. The number of rotatable bonds is 27. The molecule has 0 aliphatic carbocycles. The Bertz CT molecular complexity index is 2950. The first-order valence-corrected chi connectivity index (χ1v) is 31.3. The fourth-order valence-corrected chi connectivity index (χ4v) is 11.9. The highest BCUT2D eigenvalue weighted by Crippen LogP contribution is 2.50. The molecule has 2 aromatic rings. The molecule has 20 nitrogen and oxygen atoms in total. The number of likely N-dealkylation sites (N-methyl/N-ethyl adjacent to an activating group) is 1. The lowest BCUT2D eigenvalue weighted by Crippen LogP contribution is -2.53. The number of halogens is 2. The number of nitrogens with zero attached hydrogens (tertiary/aromatic N) is 2. The minimum Gasteiger partial charge on any atom is -0.496 e. The Morgan fingerprint density at radius 3 is 2.34 bits per heavy atom. The molecule has 22 heteroatoms. The topological polar surface area (TPSA) is 280 Å². The summed E-state index contributed by atoms with van der Waals surface area (Å²) in [5, 5.41) is 18.2. The van der Waals surface area contributed by atoms with E-state index in [1.165, 1.54) is 45.2 Å². The molecular formula is C65H89BrClN5O15. The molecular weight excluding hydrogens is 1210 g/mol. The number of esters is 2. The molecule has 2 aromatic carbocycles. The van der Waals surface area contributed by atoms with E-state index >= 15 is 0 Å². The molecule has 10 atom stereocenters. The van der Waals surface area contributed by atoms with Gasteiger partial charge in [0.1, 0.15) is 47.1 Å². The Morgan fingerprint density at radius 1 is 1.01 bits per heavy atom. The van der Waals surface area contributed by atoms with Crippen molar-refractivity contribution in [1.82, 2.24) is 15.5 Å². The van der Waals surface area contributed by atoms with E-state index in [1.807, 2.05) is 45.9 Å². The van der Waals surface area contributed by atoms with Gasteiger partial charge in [0.05, 0.1) is 48.4 Å². The summed E-state index contributed by atoms with van der Waals surface area (Å²) in [5.74, 6) is -5.05. The Kier molecular flexibility index (Phi) is 26.5. The van der Waals surface area contributed by atoms with Gasteiger partial charge in [0, 0.05) is 77.0 Å². The minimum absolute atomic E-state index is 0.00767. The van der Waals surface area contributed by atoms with Crippen LogP contribution in [0.25, 0.3) is 0 Å². The average Bonchev–Trinajstić information content (AvgIpc) is 1.59. The monoisotopic (exact) mass is 1290 g/mol. The number of anilines is 1. The minimum atomic E-state index is -1.65. The van der Waals surface area contributed by atoms with Crippen molar-refractivity contribution < 1.29 is 71.9 Å². The maximum absolute atomic E-state index is 14.5. The molecule has 5 amide bonds. The number of Topliss-reactive ketones (excluding diaryl/α,β-unsaturated/α-hetero) is 3. The van der Waals surface area contributed by atoms with E-state index in [4.69, 9.17) is 41.0 Å². The van der Waals surface area contributed by atoms with Crippen molar-refractivity contribution in [3.8, 4) is 5.75 Å². The van der Waals surface area contributed by atoms with Gasteiger partial charge in [0.25, 0.3) is 5.91 Å². The molecule has 0 radical (unpaired) electrons. The third-order valence-corrected chi connectivity index (χ3v) is 18.2. The highest BCUT2D eigenvalue weighted by molar-refractivity contribution is 9.09. The van der Waals surface area contributed by atoms with Crippen LogP contribution in [0.15, 0.2) is 66.3 Å². The standard InChI is InChI=1S/C65H89BrClN5O15/c1-37(2)47(32-45(73)20-15-13-14-16-22-50(74)40(5)36-66)60(78)70-48(21-18-26-69-63(68)81)51(75)30-43-24-25-46(52(31-43)83-11)61(79)71(9)42(7)62(80)86-55-33-56(76)72(10)49-29-44(28-39(4)58(49)67)27-38(3)19-17-23-54(84-12)65(82)34-53(85-57(77)35-65)41(6)59-64(55,8)87-59/h17,19,23-25,28-29,31,37,41-42,47-48,53-55,59,82H,5,13-16,18,20-22,26-27,30,32-36H2,1-4,6-12H3,(H,70,78)(H3,68,69,81)/b23-17+,38-19+/t41-,42+,47+,48+,53+,54-,55+,59+,64+,65-/m1/s1. The summed E-state index contributed by atoms with van der Waals surface area (Å²) < 4.78 is 29.9. The summed E-state index contributed by atoms with van der Waals surface area (Å²) in [6.07, 6.45) is 5.02. The summed E-state index contributed by atoms with van der Waals surface area (Å²) >= 11 is 10.1. The fourth-order valence-electron chi connectivity index (χ4n) is 11.3. The van der Waals surface area contributed by atoms with Crippen LogP contribution in [-0.2, 0) is 65.4 Å². The third-order valence-electron chi connectivity index (χ3n) is 17.0. The van der Waals surface area contributed by atoms with E-state index in [-0.39, 0.29) is 86.1 Å². The summed E-state index contributed by atoms with van der Waals surface area (Å²) in [7, 11) is 5.78. The molecule has 3 aliphatic rings. The number of aliphatic hydroxyl groups is 1. The predicted molar refractivity (Wildman–Crippen MR) is 334 cm³/mol. The number of fused-ring (bicyclic) bond motifs is 5. The average molecular weight is 1300 g/mol. The summed E-state index contributed by atoms with van der Waals surface area (Å²) in [5.41, 5.74) is 6.27. The van der Waals surface area contributed by atoms with Crippen LogP contribution in [0.5, 0.6) is 5.75 Å². The van der Waals surface area contributed by atoms with Crippen LogP contribution in [0.2, 0.25) is 5.02 Å². The van der Waals surface area contributed by atoms with Crippen LogP contribution < -0.4 is 26.0 Å². The van der Waals surface area contributed by atoms with Gasteiger partial charge >= 0.3 is 18.0 Å². The van der Waals surface area contributed by atoms with E-state index < -0.39 is 102 Å². The number of primary amides is 1. The number of ether oxygens (including phenoxy) is 5. The van der Waals surface area contributed by atoms with Crippen LogP contribution in [0.4, 0.5) is 10.5 Å². The summed E-state index contributed by atoms with van der Waals surface area (Å²) in [6, 6.07) is 5.24. The Morgan fingerprint density at radius 2 is 1.70 bits per heavy atom. The molecule has 478 valence electrons. The second-order valence-corrected chi connectivity index (χ2v) is 25.0. The van der Waals surface area contributed by atoms with Crippen molar-refractivity contribution in [3.63, 3.8) is 0 Å². The Labute approximate surface area is 525 Å². The first-order valence-electron chi connectivity index (χ1n) is 29.8. The lowest BCUT2D eigenvalue weighted by Gasteiger charge is -2.41. The van der Waals surface area contributed by atoms with Gasteiger partial charge in [-0.1, -0.05) is 104 Å². The number of nitrogens with one attached hydrogen (secondary N) is 2. The van der Waals surface area contributed by atoms with Crippen LogP contribution in [0.1, 0.15) is 146 Å².